The maximum Gasteiger partial charge on any atom is 0.379 e. The normalized spacial score (nSPS) is 21.6. The Bertz CT molecular complexity index is 1340. The molecule has 1 unspecified atom stereocenters. The zero-order chi connectivity index (χ0) is 32.8. The van der Waals surface area contributed by atoms with Gasteiger partial charge in [0.05, 0.1) is 19.0 Å². The third-order valence-corrected chi connectivity index (χ3v) is 9.70. The molecular formula is C28H44F2N7O6P. The van der Waals surface area contributed by atoms with E-state index in [2.05, 4.69) is 62.2 Å². The number of aromatic amines is 1. The van der Waals surface area contributed by atoms with E-state index in [0.29, 0.717) is 19.1 Å². The van der Waals surface area contributed by atoms with Gasteiger partial charge in [0.1, 0.15) is 21.0 Å². The number of halogens is 2. The summed E-state index contributed by atoms with van der Waals surface area (Å²) in [5.74, 6) is -1.44. The summed E-state index contributed by atoms with van der Waals surface area (Å²) in [5.41, 5.74) is -0.644. The van der Waals surface area contributed by atoms with Crippen LogP contribution >= 0.6 is 8.30 Å². The molecule has 3 heterocycles. The largest absolute Gasteiger partial charge is 0.379 e. The molecule has 0 radical (unpaired) electrons. The topological polar surface area (TPSA) is 137 Å². The number of aromatic nitrogens is 4. The van der Waals surface area contributed by atoms with Crippen molar-refractivity contribution in [3.05, 3.63) is 28.1 Å². The second-order valence-corrected chi connectivity index (χ2v) is 13.5. The van der Waals surface area contributed by atoms with Crippen LogP contribution in [0.2, 0.25) is 0 Å². The van der Waals surface area contributed by atoms with Gasteiger partial charge in [-0.1, -0.05) is 20.8 Å². The van der Waals surface area contributed by atoms with Crippen LogP contribution in [0.3, 0.4) is 0 Å². The van der Waals surface area contributed by atoms with Crippen LogP contribution in [0, 0.1) is 18.4 Å². The predicted molar refractivity (Wildman–Crippen MR) is 162 cm³/mol. The molecule has 0 spiro atoms. The van der Waals surface area contributed by atoms with Gasteiger partial charge < -0.3 is 23.6 Å². The molecule has 44 heavy (non-hydrogen) atoms. The summed E-state index contributed by atoms with van der Waals surface area (Å²) in [5, 5.41) is 2.55. The number of nitrogens with zero attached hydrogens (tertiary/aromatic N) is 5. The number of anilines is 1. The highest BCUT2D eigenvalue weighted by Crippen LogP contribution is 2.47. The van der Waals surface area contributed by atoms with Crippen LogP contribution in [0.15, 0.2) is 11.1 Å². The summed E-state index contributed by atoms with van der Waals surface area (Å²) in [6, 6.07) is 0.360. The molecule has 1 amide bonds. The first kappa shape index (κ1) is 35.9. The molecule has 5 atom stereocenters. The number of carbonyl (C=O) groups excluding carboxylic acids is 1. The molecule has 2 aromatic heterocycles. The van der Waals surface area contributed by atoms with E-state index in [1.165, 1.54) is 10.9 Å². The number of carbonyl (C=O) groups is 1. The quantitative estimate of drug-likeness (QED) is 0.152. The Morgan fingerprint density at radius 1 is 1.30 bits per heavy atom. The van der Waals surface area contributed by atoms with Crippen molar-refractivity contribution < 1.29 is 32.3 Å². The van der Waals surface area contributed by atoms with E-state index < -0.39 is 50.9 Å². The van der Waals surface area contributed by atoms with Crippen LogP contribution in [0.4, 0.5) is 14.7 Å². The number of hydrogen-bond donors (Lipinski definition) is 2. The van der Waals surface area contributed by atoms with Gasteiger partial charge in [-0.05, 0) is 27.7 Å². The molecule has 246 valence electrons. The highest BCUT2D eigenvalue weighted by atomic mass is 31.2. The van der Waals surface area contributed by atoms with Crippen LogP contribution in [0.1, 0.15) is 61.1 Å². The molecule has 3 rings (SSSR count). The SMILES string of the molecule is [C-]#[N+]CCCP(OC[C@H]1O[C@@H](n2cnc3c(=O)[nH]c(NC(=O)C(C)C)nc32)[C@H](OC(F)(F)COC)[C@@H]1C)N(C(C)C)C(C)C. The Morgan fingerprint density at radius 2 is 1.98 bits per heavy atom. The number of H-pyrrole nitrogens is 1. The Kier molecular flexibility index (Phi) is 12.7. The lowest BCUT2D eigenvalue weighted by atomic mass is 10.0. The molecule has 2 aromatic rings. The van der Waals surface area contributed by atoms with Crippen molar-refractivity contribution >= 4 is 31.3 Å². The number of fused-ring (bicyclic) bond motifs is 1. The van der Waals surface area contributed by atoms with E-state index in [4.69, 9.17) is 20.6 Å². The summed E-state index contributed by atoms with van der Waals surface area (Å²) in [6.45, 7) is 20.1. The van der Waals surface area contributed by atoms with E-state index in [1.807, 2.05) is 0 Å². The van der Waals surface area contributed by atoms with Crippen molar-refractivity contribution in [1.82, 2.24) is 24.2 Å². The van der Waals surface area contributed by atoms with Gasteiger partial charge in [-0.2, -0.15) is 13.8 Å². The summed E-state index contributed by atoms with van der Waals surface area (Å²) in [7, 11) is 0.0278. The average molecular weight is 644 g/mol. The minimum Gasteiger partial charge on any atom is -0.376 e. The highest BCUT2D eigenvalue weighted by molar-refractivity contribution is 7.50. The minimum absolute atomic E-state index is 0.0300. The molecule has 2 N–H and O–H groups in total. The Hall–Kier alpha value is -2.60. The molecule has 0 saturated carbocycles. The molecule has 13 nitrogen and oxygen atoms in total. The predicted octanol–water partition coefficient (Wildman–Crippen LogP) is 4.63. The highest BCUT2D eigenvalue weighted by Gasteiger charge is 2.49. The zero-order valence-electron chi connectivity index (χ0n) is 26.5. The van der Waals surface area contributed by atoms with Crippen LogP contribution in [0.25, 0.3) is 16.0 Å². The average Bonchev–Trinajstić information content (AvgIpc) is 3.47. The van der Waals surface area contributed by atoms with Crippen molar-refractivity contribution in [3.63, 3.8) is 0 Å². The van der Waals surface area contributed by atoms with Gasteiger partial charge in [-0.15, -0.1) is 0 Å². The van der Waals surface area contributed by atoms with Crippen LogP contribution < -0.4 is 10.9 Å². The van der Waals surface area contributed by atoms with Gasteiger partial charge in [0.15, 0.2) is 17.4 Å². The lowest BCUT2D eigenvalue weighted by Crippen LogP contribution is -2.38. The summed E-state index contributed by atoms with van der Waals surface area (Å²) in [6.07, 6.45) is -4.05. The van der Waals surface area contributed by atoms with Crippen molar-refractivity contribution in [2.45, 2.75) is 91.5 Å². The smallest absolute Gasteiger partial charge is 0.376 e. The summed E-state index contributed by atoms with van der Waals surface area (Å²) in [4.78, 5) is 39.5. The first-order valence-electron chi connectivity index (χ1n) is 14.7. The van der Waals surface area contributed by atoms with Crippen LogP contribution in [-0.2, 0) is 23.5 Å². The second kappa shape index (κ2) is 15.6. The number of alkyl halides is 2. The number of hydrogen-bond acceptors (Lipinski definition) is 9. The fraction of sp³-hybridized carbons (Fsp3) is 0.750. The minimum atomic E-state index is -3.64. The van der Waals surface area contributed by atoms with Gasteiger partial charge >= 0.3 is 6.11 Å². The number of ether oxygens (including phenoxy) is 3. The maximum absolute atomic E-state index is 14.8. The molecular weight excluding hydrogens is 599 g/mol. The van der Waals surface area contributed by atoms with Crippen molar-refractivity contribution in [2.24, 2.45) is 11.8 Å². The molecule has 0 aromatic carbocycles. The van der Waals surface area contributed by atoms with Crippen molar-refractivity contribution in [3.8, 4) is 0 Å². The first-order valence-corrected chi connectivity index (χ1v) is 16.1. The van der Waals surface area contributed by atoms with E-state index >= 15 is 0 Å². The Labute approximate surface area is 257 Å². The van der Waals surface area contributed by atoms with Gasteiger partial charge in [0.25, 0.3) is 5.56 Å². The van der Waals surface area contributed by atoms with E-state index in [-0.39, 0.29) is 47.6 Å². The molecule has 1 aliphatic rings. The molecule has 1 saturated heterocycles. The molecule has 1 aliphatic heterocycles. The number of rotatable bonds is 16. The number of amides is 1. The summed E-state index contributed by atoms with van der Waals surface area (Å²) < 4.78 is 56.1. The number of nitrogens with one attached hydrogen (secondary N) is 2. The lowest BCUT2D eigenvalue weighted by Gasteiger charge is -2.37. The maximum atomic E-state index is 14.8. The van der Waals surface area contributed by atoms with Gasteiger partial charge in [0, 0.05) is 43.6 Å². The first-order chi connectivity index (χ1) is 20.7. The van der Waals surface area contributed by atoms with Crippen molar-refractivity contribution in [1.29, 1.82) is 0 Å². The van der Waals surface area contributed by atoms with Gasteiger partial charge in [-0.3, -0.25) is 29.1 Å². The number of imidazole rings is 1. The molecule has 0 bridgehead atoms. The van der Waals surface area contributed by atoms with Crippen molar-refractivity contribution in [2.75, 3.05) is 38.3 Å². The second-order valence-electron chi connectivity index (χ2n) is 11.6. The van der Waals surface area contributed by atoms with Gasteiger partial charge in [-0.25, -0.2) is 11.6 Å². The molecule has 1 fully saturated rings. The standard InChI is InChI=1S/C28H44F2N7O6P/c1-16(2)24(38)34-27-33-23-21(25(39)35-27)32-15-36(23)26-22(43-28(29,30)14-40-9)19(7)20(42-26)13-41-44(12-10-11-31-8)37(17(3)4)18(5)6/h15-20,22,26H,10-14H2,1-7,9H3,(H2,33,34,35,38,39)/t19-,20-,22-,26-,44?/m1/s1. The molecule has 0 aliphatic carbocycles. The zero-order valence-corrected chi connectivity index (χ0v) is 27.4. The fourth-order valence-electron chi connectivity index (χ4n) is 5.07. The van der Waals surface area contributed by atoms with Crippen LogP contribution in [-0.4, -0.2) is 93.5 Å². The lowest BCUT2D eigenvalue weighted by molar-refractivity contribution is -0.296. The van der Waals surface area contributed by atoms with E-state index in [1.54, 1.807) is 20.8 Å². The Balaban J connectivity index is 1.97. The van der Waals surface area contributed by atoms with Crippen LogP contribution in [0.5, 0.6) is 0 Å². The molecule has 16 heteroatoms. The fourth-order valence-corrected chi connectivity index (χ4v) is 7.32. The summed E-state index contributed by atoms with van der Waals surface area (Å²) >= 11 is 0. The van der Waals surface area contributed by atoms with E-state index in [0.717, 1.165) is 7.11 Å². The van der Waals surface area contributed by atoms with E-state index in [9.17, 15) is 18.4 Å². The third kappa shape index (κ3) is 8.77. The number of methoxy groups -OCH3 is 1. The monoisotopic (exact) mass is 643 g/mol. The third-order valence-electron chi connectivity index (χ3n) is 7.12. The van der Waals surface area contributed by atoms with Gasteiger partial charge in [0.2, 0.25) is 18.4 Å². The Morgan fingerprint density at radius 3 is 2.57 bits per heavy atom.